The monoisotopic (exact) mass is 451 g/mol. The van der Waals surface area contributed by atoms with E-state index >= 15 is 0 Å². The molecule has 3 atom stereocenters. The van der Waals surface area contributed by atoms with Crippen LogP contribution in [0.3, 0.4) is 0 Å². The summed E-state index contributed by atoms with van der Waals surface area (Å²) in [4.78, 5) is 25.2. The van der Waals surface area contributed by atoms with Crippen LogP contribution in [-0.2, 0) is 24.7 Å². The van der Waals surface area contributed by atoms with Gasteiger partial charge in [0.15, 0.2) is 11.7 Å². The van der Waals surface area contributed by atoms with Crippen molar-refractivity contribution < 1.29 is 19.1 Å². The quantitative estimate of drug-likeness (QED) is 0.413. The van der Waals surface area contributed by atoms with Crippen LogP contribution in [-0.4, -0.2) is 24.1 Å². The van der Waals surface area contributed by atoms with E-state index in [2.05, 4.69) is 0 Å². The van der Waals surface area contributed by atoms with Gasteiger partial charge in [-0.1, -0.05) is 90.0 Å². The lowest BCUT2D eigenvalue weighted by Crippen LogP contribution is -2.41. The maximum absolute atomic E-state index is 13.2. The molecule has 0 radical (unpaired) electrons. The van der Waals surface area contributed by atoms with E-state index in [4.69, 9.17) is 26.8 Å². The smallest absolute Gasteiger partial charge is 0.348 e. The predicted octanol–water partition coefficient (Wildman–Crippen LogP) is 4.76. The van der Waals surface area contributed by atoms with Gasteiger partial charge in [-0.05, 0) is 26.8 Å². The van der Waals surface area contributed by atoms with Crippen molar-refractivity contribution in [2.24, 2.45) is 5.73 Å². The number of halogens is 1. The van der Waals surface area contributed by atoms with E-state index in [1.165, 1.54) is 13.8 Å². The molecule has 0 saturated carbocycles. The summed E-state index contributed by atoms with van der Waals surface area (Å²) in [6.07, 6.45) is -1.16. The molecule has 0 aromatic heterocycles. The number of ether oxygens (including phenoxy) is 2. The molecule has 3 aromatic rings. The van der Waals surface area contributed by atoms with Gasteiger partial charge in [-0.25, -0.2) is 4.79 Å². The number of hydrogen-bond acceptors (Lipinski definition) is 5. The highest BCUT2D eigenvalue weighted by molar-refractivity contribution is 6.31. The minimum atomic E-state index is -1.36. The Morgan fingerprint density at radius 2 is 1.41 bits per heavy atom. The van der Waals surface area contributed by atoms with E-state index in [1.807, 2.05) is 79.7 Å². The molecular formula is C26H26ClNO4. The topological polar surface area (TPSA) is 78.6 Å². The minimum Gasteiger partial charge on any atom is -0.449 e. The molecule has 0 heterocycles. The third-order valence-electron chi connectivity index (χ3n) is 5.14. The first kappa shape index (κ1) is 23.5. The molecule has 0 aliphatic carbocycles. The molecule has 3 aromatic carbocycles. The molecule has 0 amide bonds. The first-order valence-corrected chi connectivity index (χ1v) is 10.7. The van der Waals surface area contributed by atoms with Crippen molar-refractivity contribution in [3.63, 3.8) is 0 Å². The van der Waals surface area contributed by atoms with Crippen LogP contribution >= 0.6 is 11.6 Å². The predicted molar refractivity (Wildman–Crippen MR) is 124 cm³/mol. The van der Waals surface area contributed by atoms with Crippen LogP contribution in [0.25, 0.3) is 0 Å². The molecule has 0 aliphatic heterocycles. The second-order valence-corrected chi connectivity index (χ2v) is 8.09. The molecule has 0 saturated heterocycles. The molecule has 32 heavy (non-hydrogen) atoms. The van der Waals surface area contributed by atoms with Crippen LogP contribution in [0.15, 0.2) is 78.9 Å². The lowest BCUT2D eigenvalue weighted by molar-refractivity contribution is -0.173. The van der Waals surface area contributed by atoms with Gasteiger partial charge in [0, 0.05) is 21.7 Å². The second kappa shape index (κ2) is 9.98. The number of hydrogen-bond donors (Lipinski definition) is 1. The van der Waals surface area contributed by atoms with Crippen molar-refractivity contribution in [3.05, 3.63) is 106 Å². The van der Waals surface area contributed by atoms with E-state index in [0.29, 0.717) is 21.7 Å². The molecule has 6 heteroatoms. The number of esters is 2. The second-order valence-electron chi connectivity index (χ2n) is 7.68. The number of nitrogens with two attached hydrogens (primary N) is 1. The molecule has 0 fully saturated rings. The fourth-order valence-corrected chi connectivity index (χ4v) is 3.69. The van der Waals surface area contributed by atoms with Crippen LogP contribution in [0, 0.1) is 6.92 Å². The first-order chi connectivity index (χ1) is 15.3. The van der Waals surface area contributed by atoms with Crippen molar-refractivity contribution in [1.29, 1.82) is 0 Å². The summed E-state index contributed by atoms with van der Waals surface area (Å²) in [5.74, 6) is -1.41. The molecule has 2 N–H and O–H groups in total. The maximum Gasteiger partial charge on any atom is 0.348 e. The van der Waals surface area contributed by atoms with Crippen molar-refractivity contribution in [1.82, 2.24) is 0 Å². The summed E-state index contributed by atoms with van der Waals surface area (Å²) in [6.45, 7) is 4.93. The Hall–Kier alpha value is -3.15. The van der Waals surface area contributed by atoms with Gasteiger partial charge < -0.3 is 15.2 Å². The minimum absolute atomic E-state index is 0.435. The van der Waals surface area contributed by atoms with Gasteiger partial charge in [0.1, 0.15) is 6.04 Å². The third-order valence-corrected chi connectivity index (χ3v) is 5.47. The van der Waals surface area contributed by atoms with Crippen molar-refractivity contribution >= 4 is 23.5 Å². The van der Waals surface area contributed by atoms with E-state index in [1.54, 1.807) is 6.07 Å². The maximum atomic E-state index is 13.2. The Bertz CT molecular complexity index is 1080. The number of benzene rings is 3. The molecule has 166 valence electrons. The zero-order chi connectivity index (χ0) is 23.3. The molecule has 0 spiro atoms. The Morgan fingerprint density at radius 1 is 0.844 bits per heavy atom. The standard InChI is InChI=1S/C26H26ClNO4/c1-17-13-15-21(16-14-17)26(20-9-5-4-6-10-20,22-11-7-8-12-23(22)27)32-25(30)19(3)31-24(29)18(2)28/h4-16,18-19H,28H2,1-3H3/t18-,19-,26?/m0/s1. The van der Waals surface area contributed by atoms with Gasteiger partial charge in [-0.3, -0.25) is 4.79 Å². The van der Waals surface area contributed by atoms with Crippen molar-refractivity contribution in [3.8, 4) is 0 Å². The fourth-order valence-electron chi connectivity index (χ4n) is 3.42. The van der Waals surface area contributed by atoms with Crippen LogP contribution < -0.4 is 5.73 Å². The normalized spacial score (nSPS) is 14.7. The van der Waals surface area contributed by atoms with E-state index in [-0.39, 0.29) is 0 Å². The van der Waals surface area contributed by atoms with Crippen LogP contribution in [0.4, 0.5) is 0 Å². The van der Waals surface area contributed by atoms with E-state index in [0.717, 1.165) is 5.56 Å². The lowest BCUT2D eigenvalue weighted by Gasteiger charge is -2.36. The van der Waals surface area contributed by atoms with Crippen LogP contribution in [0.2, 0.25) is 5.02 Å². The van der Waals surface area contributed by atoms with Gasteiger partial charge >= 0.3 is 11.9 Å². The summed E-state index contributed by atoms with van der Waals surface area (Å²) in [7, 11) is 0. The number of aryl methyl sites for hydroxylation is 1. The zero-order valence-electron chi connectivity index (χ0n) is 18.2. The summed E-state index contributed by atoms with van der Waals surface area (Å²) in [5.41, 5.74) is 7.28. The molecule has 5 nitrogen and oxygen atoms in total. The van der Waals surface area contributed by atoms with Gasteiger partial charge in [-0.2, -0.15) is 0 Å². The summed E-state index contributed by atoms with van der Waals surface area (Å²) < 4.78 is 11.4. The highest BCUT2D eigenvalue weighted by atomic mass is 35.5. The zero-order valence-corrected chi connectivity index (χ0v) is 19.0. The van der Waals surface area contributed by atoms with Crippen LogP contribution in [0.5, 0.6) is 0 Å². The van der Waals surface area contributed by atoms with Crippen molar-refractivity contribution in [2.45, 2.75) is 38.5 Å². The first-order valence-electron chi connectivity index (χ1n) is 10.3. The average molecular weight is 452 g/mol. The number of carbonyl (C=O) groups excluding carboxylic acids is 2. The fraction of sp³-hybridized carbons (Fsp3) is 0.231. The Labute approximate surface area is 193 Å². The van der Waals surface area contributed by atoms with Gasteiger partial charge in [0.25, 0.3) is 0 Å². The average Bonchev–Trinajstić information content (AvgIpc) is 2.79. The van der Waals surface area contributed by atoms with E-state index in [9.17, 15) is 9.59 Å². The van der Waals surface area contributed by atoms with Gasteiger partial charge in [0.05, 0.1) is 0 Å². The molecule has 0 aliphatic rings. The number of rotatable bonds is 7. The highest BCUT2D eigenvalue weighted by Crippen LogP contribution is 2.43. The van der Waals surface area contributed by atoms with Crippen LogP contribution in [0.1, 0.15) is 36.1 Å². The third kappa shape index (κ3) is 4.85. The molecule has 3 rings (SSSR count). The van der Waals surface area contributed by atoms with E-state index < -0.39 is 29.7 Å². The Balaban J connectivity index is 2.20. The summed E-state index contributed by atoms with van der Waals surface area (Å²) in [6, 6.07) is 23.4. The molecule has 1 unspecified atom stereocenters. The lowest BCUT2D eigenvalue weighted by atomic mass is 9.79. The summed E-state index contributed by atoms with van der Waals surface area (Å²) in [5, 5.41) is 0.435. The largest absolute Gasteiger partial charge is 0.449 e. The molecule has 0 bridgehead atoms. The van der Waals surface area contributed by atoms with Gasteiger partial charge in [-0.15, -0.1) is 0 Å². The highest BCUT2D eigenvalue weighted by Gasteiger charge is 2.43. The Morgan fingerprint density at radius 3 is 2.00 bits per heavy atom. The van der Waals surface area contributed by atoms with Gasteiger partial charge in [0.2, 0.25) is 0 Å². The molecular weight excluding hydrogens is 426 g/mol. The Kier molecular flexibility index (Phi) is 7.33. The SMILES string of the molecule is Cc1ccc(C(OC(=O)[C@H](C)OC(=O)[C@H](C)N)(c2ccccc2)c2ccccc2Cl)cc1. The summed E-state index contributed by atoms with van der Waals surface area (Å²) >= 11 is 6.64. The number of carbonyl (C=O) groups is 2. The van der Waals surface area contributed by atoms with Crippen molar-refractivity contribution in [2.75, 3.05) is 0 Å².